The van der Waals surface area contributed by atoms with E-state index < -0.39 is 6.10 Å². The van der Waals surface area contributed by atoms with Crippen LogP contribution < -0.4 is 5.32 Å². The molecule has 0 aliphatic carbocycles. The normalized spacial score (nSPS) is 18.3. The number of rotatable bonds is 3. The number of fused-ring (bicyclic) bond motifs is 1. The van der Waals surface area contributed by atoms with E-state index in [1.165, 1.54) is 10.5 Å². The number of amides is 1. The van der Waals surface area contributed by atoms with Gasteiger partial charge < -0.3 is 15.4 Å². The first kappa shape index (κ1) is 16.1. The van der Waals surface area contributed by atoms with E-state index in [0.717, 1.165) is 29.0 Å². The smallest absolute Gasteiger partial charge is 0.268 e. The molecular weight excluding hydrogens is 308 g/mol. The molecule has 1 aliphatic heterocycles. The van der Waals surface area contributed by atoms with Crippen molar-refractivity contribution in [2.45, 2.75) is 44.2 Å². The van der Waals surface area contributed by atoms with E-state index in [2.05, 4.69) is 22.4 Å². The van der Waals surface area contributed by atoms with E-state index in [1.54, 1.807) is 6.92 Å². The molecule has 1 aliphatic rings. The summed E-state index contributed by atoms with van der Waals surface area (Å²) in [4.78, 5) is 17.1. The zero-order valence-electron chi connectivity index (χ0n) is 13.6. The van der Waals surface area contributed by atoms with Crippen LogP contribution in [-0.4, -0.2) is 21.8 Å². The molecule has 0 spiro atoms. The first-order valence-corrected chi connectivity index (χ1v) is 8.87. The van der Waals surface area contributed by atoms with Gasteiger partial charge in [0.05, 0.1) is 12.1 Å². The highest BCUT2D eigenvalue weighted by Gasteiger charge is 2.25. The molecule has 0 bridgehead atoms. The molecule has 1 amide bonds. The van der Waals surface area contributed by atoms with Gasteiger partial charge in [0.25, 0.3) is 5.91 Å². The Kier molecular flexibility index (Phi) is 4.50. The van der Waals surface area contributed by atoms with E-state index in [-0.39, 0.29) is 11.9 Å². The Morgan fingerprint density at radius 3 is 2.83 bits per heavy atom. The number of carbonyl (C=O) groups is 1. The predicted octanol–water partition coefficient (Wildman–Crippen LogP) is 3.65. The van der Waals surface area contributed by atoms with Gasteiger partial charge in [-0.1, -0.05) is 18.2 Å². The third-order valence-electron chi connectivity index (χ3n) is 4.40. The van der Waals surface area contributed by atoms with Crippen LogP contribution in [-0.2, 0) is 0 Å². The van der Waals surface area contributed by atoms with Gasteiger partial charge in [0.1, 0.15) is 5.69 Å². The number of aromatic nitrogens is 1. The van der Waals surface area contributed by atoms with E-state index in [1.807, 2.05) is 37.7 Å². The highest BCUT2D eigenvalue weighted by atomic mass is 32.2. The highest BCUT2D eigenvalue weighted by Crippen LogP contribution is 2.36. The van der Waals surface area contributed by atoms with Crippen molar-refractivity contribution in [1.29, 1.82) is 0 Å². The number of thioether (sulfide) groups is 1. The molecule has 23 heavy (non-hydrogen) atoms. The minimum Gasteiger partial charge on any atom is -0.389 e. The number of aliphatic hydroxyl groups excluding tert-OH is 1. The molecule has 0 radical (unpaired) electrons. The maximum absolute atomic E-state index is 12.7. The number of aryl methyl sites for hydroxylation is 1. The second-order valence-electron chi connectivity index (χ2n) is 6.04. The van der Waals surface area contributed by atoms with Crippen molar-refractivity contribution in [3.8, 4) is 0 Å². The molecular formula is C18H22N2O2S. The fourth-order valence-corrected chi connectivity index (χ4v) is 4.47. The molecule has 1 aromatic carbocycles. The number of aromatic amines is 1. The van der Waals surface area contributed by atoms with Gasteiger partial charge in [-0.2, -0.15) is 0 Å². The van der Waals surface area contributed by atoms with E-state index in [0.29, 0.717) is 5.69 Å². The van der Waals surface area contributed by atoms with Crippen molar-refractivity contribution in [2.75, 3.05) is 5.75 Å². The minimum absolute atomic E-state index is 0.0398. The molecule has 2 atom stereocenters. The first-order chi connectivity index (χ1) is 11.0. The van der Waals surface area contributed by atoms with Crippen molar-refractivity contribution >= 4 is 17.7 Å². The van der Waals surface area contributed by atoms with Crippen LogP contribution in [0, 0.1) is 13.8 Å². The Hall–Kier alpha value is -1.72. The molecule has 3 N–H and O–H groups in total. The lowest BCUT2D eigenvalue weighted by atomic mass is 10.0. The maximum atomic E-state index is 12.7. The lowest BCUT2D eigenvalue weighted by Gasteiger charge is -2.25. The summed E-state index contributed by atoms with van der Waals surface area (Å²) in [6, 6.07) is 8.27. The van der Waals surface area contributed by atoms with Gasteiger partial charge in [-0.05, 0) is 44.4 Å². The molecule has 2 heterocycles. The summed E-state index contributed by atoms with van der Waals surface area (Å²) in [7, 11) is 0. The second-order valence-corrected chi connectivity index (χ2v) is 7.18. The summed E-state index contributed by atoms with van der Waals surface area (Å²) < 4.78 is 0. The van der Waals surface area contributed by atoms with Crippen LogP contribution in [0.5, 0.6) is 0 Å². The Labute approximate surface area is 140 Å². The van der Waals surface area contributed by atoms with Gasteiger partial charge in [0, 0.05) is 21.9 Å². The first-order valence-electron chi connectivity index (χ1n) is 7.88. The highest BCUT2D eigenvalue weighted by molar-refractivity contribution is 7.99. The number of hydrogen-bond donors (Lipinski definition) is 3. The SMILES string of the molecule is Cc1[nH]c(C(=O)N[C@@H]2CCSc3ccccc32)c(C)c1[C@@H](C)O. The molecule has 2 aromatic rings. The van der Waals surface area contributed by atoms with Crippen LogP contribution in [0.4, 0.5) is 0 Å². The molecule has 0 saturated heterocycles. The fourth-order valence-electron chi connectivity index (χ4n) is 3.34. The number of benzene rings is 1. The summed E-state index contributed by atoms with van der Waals surface area (Å²) >= 11 is 1.84. The van der Waals surface area contributed by atoms with Crippen molar-refractivity contribution in [3.05, 3.63) is 52.3 Å². The van der Waals surface area contributed by atoms with Crippen LogP contribution in [0.3, 0.4) is 0 Å². The van der Waals surface area contributed by atoms with Gasteiger partial charge in [-0.3, -0.25) is 4.79 Å². The molecule has 0 fully saturated rings. The van der Waals surface area contributed by atoms with Crippen LogP contribution in [0.25, 0.3) is 0 Å². The van der Waals surface area contributed by atoms with Crippen molar-refractivity contribution in [3.63, 3.8) is 0 Å². The zero-order chi connectivity index (χ0) is 16.6. The Balaban J connectivity index is 1.85. The third kappa shape index (κ3) is 3.03. The fraction of sp³-hybridized carbons (Fsp3) is 0.389. The molecule has 5 heteroatoms. The lowest BCUT2D eigenvalue weighted by Crippen LogP contribution is -2.31. The lowest BCUT2D eigenvalue weighted by molar-refractivity contribution is 0.0929. The number of carbonyl (C=O) groups excluding carboxylic acids is 1. The van der Waals surface area contributed by atoms with Crippen LogP contribution in [0.2, 0.25) is 0 Å². The summed E-state index contributed by atoms with van der Waals surface area (Å²) in [5.41, 5.74) is 4.23. The standard InChI is InChI=1S/C18H22N2O2S/c1-10-16(12(3)21)11(2)19-17(10)18(22)20-14-8-9-23-15-7-5-4-6-13(14)15/h4-7,12,14,19,21H,8-9H2,1-3H3,(H,20,22)/t12-,14-/m1/s1. The van der Waals surface area contributed by atoms with E-state index >= 15 is 0 Å². The third-order valence-corrected chi connectivity index (χ3v) is 5.53. The number of H-pyrrole nitrogens is 1. The second kappa shape index (κ2) is 6.42. The van der Waals surface area contributed by atoms with Gasteiger partial charge >= 0.3 is 0 Å². The molecule has 0 saturated carbocycles. The van der Waals surface area contributed by atoms with Crippen molar-refractivity contribution < 1.29 is 9.90 Å². The molecule has 1 aromatic heterocycles. The quantitative estimate of drug-likeness (QED) is 0.805. The van der Waals surface area contributed by atoms with Crippen LogP contribution >= 0.6 is 11.8 Å². The van der Waals surface area contributed by atoms with Gasteiger partial charge in [-0.25, -0.2) is 0 Å². The van der Waals surface area contributed by atoms with Crippen molar-refractivity contribution in [2.24, 2.45) is 0 Å². The summed E-state index contributed by atoms with van der Waals surface area (Å²) in [6.07, 6.45) is 0.342. The number of nitrogens with one attached hydrogen (secondary N) is 2. The Morgan fingerprint density at radius 2 is 2.13 bits per heavy atom. The predicted molar refractivity (Wildman–Crippen MR) is 92.9 cm³/mol. The maximum Gasteiger partial charge on any atom is 0.268 e. The summed E-state index contributed by atoms with van der Waals surface area (Å²) in [5, 5.41) is 13.0. The summed E-state index contributed by atoms with van der Waals surface area (Å²) in [6.45, 7) is 5.49. The monoisotopic (exact) mass is 330 g/mol. The molecule has 122 valence electrons. The zero-order valence-corrected chi connectivity index (χ0v) is 14.5. The van der Waals surface area contributed by atoms with Gasteiger partial charge in [-0.15, -0.1) is 11.8 Å². The molecule has 3 rings (SSSR count). The Morgan fingerprint density at radius 1 is 1.39 bits per heavy atom. The average Bonchev–Trinajstić information content (AvgIpc) is 2.82. The van der Waals surface area contributed by atoms with Crippen molar-refractivity contribution in [1.82, 2.24) is 10.3 Å². The largest absolute Gasteiger partial charge is 0.389 e. The van der Waals surface area contributed by atoms with E-state index in [9.17, 15) is 9.90 Å². The topological polar surface area (TPSA) is 65.1 Å². The van der Waals surface area contributed by atoms with Gasteiger partial charge in [0.2, 0.25) is 0 Å². The van der Waals surface area contributed by atoms with E-state index in [4.69, 9.17) is 0 Å². The van der Waals surface area contributed by atoms with Crippen LogP contribution in [0.1, 0.15) is 58.4 Å². The molecule has 4 nitrogen and oxygen atoms in total. The van der Waals surface area contributed by atoms with Gasteiger partial charge in [0.15, 0.2) is 0 Å². The number of aliphatic hydroxyl groups is 1. The molecule has 0 unspecified atom stereocenters. The summed E-state index contributed by atoms with van der Waals surface area (Å²) in [5.74, 6) is 0.896. The minimum atomic E-state index is -0.584. The van der Waals surface area contributed by atoms with Crippen LogP contribution in [0.15, 0.2) is 29.2 Å². The number of hydrogen-bond acceptors (Lipinski definition) is 3. The Bertz CT molecular complexity index is 737. The average molecular weight is 330 g/mol.